The summed E-state index contributed by atoms with van der Waals surface area (Å²) >= 11 is 0. The molecule has 1 aromatic rings. The molecule has 0 bridgehead atoms. The van der Waals surface area contributed by atoms with E-state index in [1.807, 2.05) is 7.11 Å². The van der Waals surface area contributed by atoms with Crippen LogP contribution in [0.15, 0.2) is 30.3 Å². The summed E-state index contributed by atoms with van der Waals surface area (Å²) < 4.78 is 5.66. The lowest BCUT2D eigenvalue weighted by molar-refractivity contribution is 0.389. The summed E-state index contributed by atoms with van der Waals surface area (Å²) in [5.41, 5.74) is 1.40. The van der Waals surface area contributed by atoms with Crippen LogP contribution in [0.25, 0.3) is 0 Å². The van der Waals surface area contributed by atoms with E-state index in [0.29, 0.717) is 5.04 Å². The SMILES string of the molecule is CO[SiH](Cc1ccccc1)C(C)(C)C. The largest absolute Gasteiger partial charge is 0.422 e. The average Bonchev–Trinajstić information content (AvgIpc) is 2.14. The smallest absolute Gasteiger partial charge is 0.186 e. The second kappa shape index (κ2) is 4.76. The van der Waals surface area contributed by atoms with E-state index in [0.717, 1.165) is 6.04 Å². The Labute approximate surface area is 88.8 Å². The fraction of sp³-hybridized carbons (Fsp3) is 0.500. The van der Waals surface area contributed by atoms with Crippen LogP contribution in [-0.2, 0) is 10.5 Å². The Kier molecular flexibility index (Phi) is 3.90. The summed E-state index contributed by atoms with van der Waals surface area (Å²) in [6.45, 7) is 6.82. The molecule has 0 heterocycles. The third-order valence-electron chi connectivity index (χ3n) is 2.51. The van der Waals surface area contributed by atoms with Crippen LogP contribution in [0.4, 0.5) is 0 Å². The van der Waals surface area contributed by atoms with Gasteiger partial charge in [0, 0.05) is 7.11 Å². The molecule has 78 valence electrons. The lowest BCUT2D eigenvalue weighted by Crippen LogP contribution is -2.31. The zero-order valence-electron chi connectivity index (χ0n) is 9.58. The van der Waals surface area contributed by atoms with Crippen molar-refractivity contribution in [3.05, 3.63) is 35.9 Å². The van der Waals surface area contributed by atoms with Crippen molar-refractivity contribution in [2.75, 3.05) is 7.11 Å². The van der Waals surface area contributed by atoms with E-state index in [1.54, 1.807) is 0 Å². The molecule has 1 unspecified atom stereocenters. The van der Waals surface area contributed by atoms with Gasteiger partial charge < -0.3 is 4.43 Å². The Bertz CT molecular complexity index is 263. The molecule has 0 radical (unpaired) electrons. The monoisotopic (exact) mass is 208 g/mol. The molecule has 0 aliphatic rings. The molecule has 0 N–H and O–H groups in total. The highest BCUT2D eigenvalue weighted by atomic mass is 28.3. The summed E-state index contributed by atoms with van der Waals surface area (Å²) in [6, 6.07) is 11.7. The van der Waals surface area contributed by atoms with Gasteiger partial charge in [0.2, 0.25) is 0 Å². The van der Waals surface area contributed by atoms with Crippen LogP contribution >= 0.6 is 0 Å². The number of rotatable bonds is 3. The molecule has 0 saturated heterocycles. The third-order valence-corrected chi connectivity index (χ3v) is 5.86. The zero-order valence-corrected chi connectivity index (χ0v) is 10.7. The fourth-order valence-electron chi connectivity index (χ4n) is 1.57. The van der Waals surface area contributed by atoms with Gasteiger partial charge >= 0.3 is 0 Å². The predicted molar refractivity (Wildman–Crippen MR) is 64.0 cm³/mol. The molecule has 0 saturated carbocycles. The molecule has 0 aliphatic heterocycles. The lowest BCUT2D eigenvalue weighted by Gasteiger charge is -2.27. The minimum absolute atomic E-state index is 0.338. The van der Waals surface area contributed by atoms with Crippen LogP contribution < -0.4 is 0 Å². The van der Waals surface area contributed by atoms with Gasteiger partial charge in [0.1, 0.15) is 0 Å². The zero-order chi connectivity index (χ0) is 10.6. The van der Waals surface area contributed by atoms with Crippen LogP contribution in [0.1, 0.15) is 26.3 Å². The minimum atomic E-state index is -1.13. The summed E-state index contributed by atoms with van der Waals surface area (Å²) in [5, 5.41) is 0.338. The number of hydrogen-bond acceptors (Lipinski definition) is 1. The van der Waals surface area contributed by atoms with Gasteiger partial charge in [-0.05, 0) is 16.6 Å². The first-order chi connectivity index (χ1) is 6.54. The first-order valence-electron chi connectivity index (χ1n) is 5.11. The fourth-order valence-corrected chi connectivity index (χ4v) is 3.76. The molecule has 1 atom stereocenters. The second-order valence-corrected chi connectivity index (χ2v) is 8.37. The molecule has 0 amide bonds. The summed E-state index contributed by atoms with van der Waals surface area (Å²) in [6.07, 6.45) is 0. The highest BCUT2D eigenvalue weighted by Gasteiger charge is 2.26. The van der Waals surface area contributed by atoms with Crippen LogP contribution in [0.5, 0.6) is 0 Å². The van der Waals surface area contributed by atoms with Crippen molar-refractivity contribution in [1.82, 2.24) is 0 Å². The van der Waals surface area contributed by atoms with Crippen molar-refractivity contribution in [3.63, 3.8) is 0 Å². The van der Waals surface area contributed by atoms with Gasteiger partial charge in [0.25, 0.3) is 0 Å². The van der Waals surface area contributed by atoms with Crippen LogP contribution in [0, 0.1) is 0 Å². The molecule has 0 aromatic heterocycles. The minimum Gasteiger partial charge on any atom is -0.422 e. The first kappa shape index (κ1) is 11.5. The van der Waals surface area contributed by atoms with E-state index in [1.165, 1.54) is 5.56 Å². The van der Waals surface area contributed by atoms with Gasteiger partial charge in [-0.1, -0.05) is 51.1 Å². The van der Waals surface area contributed by atoms with Gasteiger partial charge in [-0.25, -0.2) is 0 Å². The van der Waals surface area contributed by atoms with Gasteiger partial charge in [-0.2, -0.15) is 0 Å². The molecule has 1 rings (SSSR count). The van der Waals surface area contributed by atoms with E-state index in [4.69, 9.17) is 4.43 Å². The third kappa shape index (κ3) is 3.27. The summed E-state index contributed by atoms with van der Waals surface area (Å²) in [4.78, 5) is 0. The first-order valence-corrected chi connectivity index (χ1v) is 6.97. The Morgan fingerprint density at radius 2 is 1.71 bits per heavy atom. The maximum absolute atomic E-state index is 5.66. The van der Waals surface area contributed by atoms with E-state index >= 15 is 0 Å². The molecule has 0 aliphatic carbocycles. The molecule has 1 nitrogen and oxygen atoms in total. The Balaban J connectivity index is 2.67. The Morgan fingerprint density at radius 3 is 2.14 bits per heavy atom. The number of benzene rings is 1. The van der Waals surface area contributed by atoms with Crippen LogP contribution in [0.3, 0.4) is 0 Å². The van der Waals surface area contributed by atoms with Crippen LogP contribution in [0.2, 0.25) is 5.04 Å². The van der Waals surface area contributed by atoms with Crippen molar-refractivity contribution in [3.8, 4) is 0 Å². The number of hydrogen-bond donors (Lipinski definition) is 0. The van der Waals surface area contributed by atoms with Gasteiger partial charge in [-0.15, -0.1) is 0 Å². The van der Waals surface area contributed by atoms with Crippen molar-refractivity contribution in [2.24, 2.45) is 0 Å². The summed E-state index contributed by atoms with van der Waals surface area (Å²) in [5.74, 6) is 0. The average molecular weight is 208 g/mol. The normalized spacial score (nSPS) is 14.0. The van der Waals surface area contributed by atoms with E-state index in [2.05, 4.69) is 51.1 Å². The Hall–Kier alpha value is -0.603. The highest BCUT2D eigenvalue weighted by Crippen LogP contribution is 2.29. The molecule has 14 heavy (non-hydrogen) atoms. The molecule has 0 fully saturated rings. The quantitative estimate of drug-likeness (QED) is 0.694. The van der Waals surface area contributed by atoms with E-state index in [-0.39, 0.29) is 0 Å². The van der Waals surface area contributed by atoms with Crippen molar-refractivity contribution in [2.45, 2.75) is 31.9 Å². The van der Waals surface area contributed by atoms with Gasteiger partial charge in [-0.3, -0.25) is 0 Å². The van der Waals surface area contributed by atoms with E-state index in [9.17, 15) is 0 Å². The molecular formula is C12H20OSi. The van der Waals surface area contributed by atoms with Crippen molar-refractivity contribution in [1.29, 1.82) is 0 Å². The maximum Gasteiger partial charge on any atom is 0.186 e. The van der Waals surface area contributed by atoms with E-state index < -0.39 is 9.04 Å². The molecule has 1 aromatic carbocycles. The molecule has 0 spiro atoms. The van der Waals surface area contributed by atoms with Gasteiger partial charge in [0.15, 0.2) is 9.04 Å². The van der Waals surface area contributed by atoms with Crippen molar-refractivity contribution < 1.29 is 4.43 Å². The van der Waals surface area contributed by atoms with Crippen LogP contribution in [-0.4, -0.2) is 16.2 Å². The maximum atomic E-state index is 5.66. The Morgan fingerprint density at radius 1 is 1.14 bits per heavy atom. The topological polar surface area (TPSA) is 9.23 Å². The summed E-state index contributed by atoms with van der Waals surface area (Å²) in [7, 11) is 0.724. The lowest BCUT2D eigenvalue weighted by atomic mass is 10.2. The second-order valence-electron chi connectivity index (χ2n) is 4.78. The standard InChI is InChI=1S/C12H20OSi/c1-12(2,3)14(13-4)10-11-8-6-5-7-9-11/h5-9,14H,10H2,1-4H3. The highest BCUT2D eigenvalue weighted by molar-refractivity contribution is 6.54. The van der Waals surface area contributed by atoms with Crippen molar-refractivity contribution >= 4 is 9.04 Å². The predicted octanol–water partition coefficient (Wildman–Crippen LogP) is 2.94. The van der Waals surface area contributed by atoms with Gasteiger partial charge in [0.05, 0.1) is 0 Å². The molecular weight excluding hydrogens is 188 g/mol. The molecule has 2 heteroatoms.